The summed E-state index contributed by atoms with van der Waals surface area (Å²) >= 11 is 6.49. The van der Waals surface area contributed by atoms with Gasteiger partial charge in [0.05, 0.1) is 0 Å². The Hall–Kier alpha value is -0.530. The summed E-state index contributed by atoms with van der Waals surface area (Å²) in [4.78, 5) is 0. The predicted molar refractivity (Wildman–Crippen MR) is 90.7 cm³/mol. The topological polar surface area (TPSA) is 12.0 Å². The first-order chi connectivity index (χ1) is 9.55. The molecule has 0 aliphatic rings. The minimum Gasteiger partial charge on any atom is -0.316 e. The third kappa shape index (κ3) is 4.79. The number of halogens is 1. The minimum absolute atomic E-state index is 0.177. The predicted octanol–water partition coefficient (Wildman–Crippen LogP) is 5.42. The molecule has 1 nitrogen and oxygen atoms in total. The molecule has 0 aliphatic carbocycles. The van der Waals surface area contributed by atoms with E-state index in [1.807, 2.05) is 12.1 Å². The van der Waals surface area contributed by atoms with Crippen LogP contribution in [0.4, 0.5) is 0 Å². The van der Waals surface area contributed by atoms with E-state index >= 15 is 0 Å². The standard InChI is InChI=1S/C18H30ClN/c1-5-11-18(12-6-2,14-20-13-15(3)4)16-9-7-8-10-17(16)19/h7-10,15,20H,5-6,11-14H2,1-4H3. The van der Waals surface area contributed by atoms with Crippen molar-refractivity contribution in [2.75, 3.05) is 13.1 Å². The summed E-state index contributed by atoms with van der Waals surface area (Å²) in [7, 11) is 0. The van der Waals surface area contributed by atoms with Crippen molar-refractivity contribution in [3.05, 3.63) is 34.9 Å². The van der Waals surface area contributed by atoms with Crippen LogP contribution in [-0.2, 0) is 5.41 Å². The fourth-order valence-corrected chi connectivity index (χ4v) is 3.45. The molecule has 0 atom stereocenters. The van der Waals surface area contributed by atoms with Gasteiger partial charge in [-0.3, -0.25) is 0 Å². The molecule has 0 bridgehead atoms. The summed E-state index contributed by atoms with van der Waals surface area (Å²) in [6.07, 6.45) is 4.76. The molecule has 1 aromatic rings. The molecule has 1 N–H and O–H groups in total. The van der Waals surface area contributed by atoms with E-state index in [1.54, 1.807) is 0 Å². The fraction of sp³-hybridized carbons (Fsp3) is 0.667. The van der Waals surface area contributed by atoms with Crippen LogP contribution in [0.15, 0.2) is 24.3 Å². The van der Waals surface area contributed by atoms with E-state index in [-0.39, 0.29) is 5.41 Å². The third-order valence-electron chi connectivity index (χ3n) is 3.92. The van der Waals surface area contributed by atoms with Gasteiger partial charge in [-0.25, -0.2) is 0 Å². The summed E-state index contributed by atoms with van der Waals surface area (Å²) in [5.74, 6) is 0.683. The SMILES string of the molecule is CCCC(CCC)(CNCC(C)C)c1ccccc1Cl. The van der Waals surface area contributed by atoms with Gasteiger partial charge in [-0.2, -0.15) is 0 Å². The van der Waals surface area contributed by atoms with Crippen LogP contribution in [0.3, 0.4) is 0 Å². The van der Waals surface area contributed by atoms with Gasteiger partial charge in [0.15, 0.2) is 0 Å². The van der Waals surface area contributed by atoms with E-state index in [2.05, 4.69) is 45.1 Å². The summed E-state index contributed by atoms with van der Waals surface area (Å²) in [6, 6.07) is 8.38. The lowest BCUT2D eigenvalue weighted by atomic mass is 9.73. The molecule has 0 heterocycles. The first-order valence-corrected chi connectivity index (χ1v) is 8.39. The Morgan fingerprint density at radius 1 is 1.10 bits per heavy atom. The van der Waals surface area contributed by atoms with E-state index < -0.39 is 0 Å². The molecular formula is C18H30ClN. The second kappa shape index (κ2) is 8.69. The molecule has 20 heavy (non-hydrogen) atoms. The van der Waals surface area contributed by atoms with E-state index in [1.165, 1.54) is 31.2 Å². The molecule has 0 aliphatic heterocycles. The molecule has 0 aromatic heterocycles. The number of nitrogens with one attached hydrogen (secondary N) is 1. The molecule has 0 spiro atoms. The lowest BCUT2D eigenvalue weighted by molar-refractivity contribution is 0.328. The van der Waals surface area contributed by atoms with Gasteiger partial charge in [0.2, 0.25) is 0 Å². The normalized spacial score (nSPS) is 12.1. The molecule has 2 heteroatoms. The van der Waals surface area contributed by atoms with Gasteiger partial charge < -0.3 is 5.32 Å². The lowest BCUT2D eigenvalue weighted by Gasteiger charge is -2.35. The largest absolute Gasteiger partial charge is 0.316 e. The summed E-state index contributed by atoms with van der Waals surface area (Å²) in [5, 5.41) is 4.58. The molecular weight excluding hydrogens is 266 g/mol. The quantitative estimate of drug-likeness (QED) is 0.641. The summed E-state index contributed by atoms with van der Waals surface area (Å²) in [5.41, 5.74) is 1.50. The highest BCUT2D eigenvalue weighted by Crippen LogP contribution is 2.37. The highest BCUT2D eigenvalue weighted by atomic mass is 35.5. The van der Waals surface area contributed by atoms with Gasteiger partial charge in [0, 0.05) is 17.0 Å². The Labute approximate surface area is 130 Å². The van der Waals surface area contributed by atoms with Gasteiger partial charge in [-0.1, -0.05) is 70.3 Å². The number of benzene rings is 1. The van der Waals surface area contributed by atoms with Gasteiger partial charge in [0.25, 0.3) is 0 Å². The summed E-state index contributed by atoms with van der Waals surface area (Å²) < 4.78 is 0. The zero-order valence-corrected chi connectivity index (χ0v) is 14.3. The highest BCUT2D eigenvalue weighted by molar-refractivity contribution is 6.31. The summed E-state index contributed by atoms with van der Waals surface area (Å²) in [6.45, 7) is 11.1. The monoisotopic (exact) mass is 295 g/mol. The van der Waals surface area contributed by atoms with Gasteiger partial charge in [-0.15, -0.1) is 0 Å². The highest BCUT2D eigenvalue weighted by Gasteiger charge is 2.31. The molecule has 0 saturated heterocycles. The fourth-order valence-electron chi connectivity index (χ4n) is 3.11. The van der Waals surface area contributed by atoms with Crippen LogP contribution in [0.25, 0.3) is 0 Å². The number of hydrogen-bond acceptors (Lipinski definition) is 1. The van der Waals surface area contributed by atoms with Crippen LogP contribution in [0.1, 0.15) is 58.9 Å². The molecule has 114 valence electrons. The van der Waals surface area contributed by atoms with E-state index in [0.717, 1.165) is 18.1 Å². The first kappa shape index (κ1) is 17.5. The van der Waals surface area contributed by atoms with Crippen LogP contribution in [-0.4, -0.2) is 13.1 Å². The zero-order valence-electron chi connectivity index (χ0n) is 13.5. The van der Waals surface area contributed by atoms with Crippen molar-refractivity contribution in [1.29, 1.82) is 0 Å². The second-order valence-electron chi connectivity index (χ2n) is 6.28. The Morgan fingerprint density at radius 2 is 1.70 bits per heavy atom. The zero-order chi connectivity index (χ0) is 15.0. The van der Waals surface area contributed by atoms with Crippen molar-refractivity contribution in [3.8, 4) is 0 Å². The lowest BCUT2D eigenvalue weighted by Crippen LogP contribution is -2.39. The molecule has 1 rings (SSSR count). The van der Waals surface area contributed by atoms with Crippen molar-refractivity contribution in [2.45, 2.75) is 58.8 Å². The molecule has 0 radical (unpaired) electrons. The van der Waals surface area contributed by atoms with Crippen molar-refractivity contribution < 1.29 is 0 Å². The van der Waals surface area contributed by atoms with Gasteiger partial charge >= 0.3 is 0 Å². The maximum absolute atomic E-state index is 6.49. The Balaban J connectivity index is 3.00. The van der Waals surface area contributed by atoms with E-state index in [9.17, 15) is 0 Å². The number of rotatable bonds is 9. The second-order valence-corrected chi connectivity index (χ2v) is 6.69. The smallest absolute Gasteiger partial charge is 0.0444 e. The van der Waals surface area contributed by atoms with Gasteiger partial charge in [-0.05, 0) is 36.9 Å². The Kier molecular flexibility index (Phi) is 7.61. The third-order valence-corrected chi connectivity index (χ3v) is 4.25. The average molecular weight is 296 g/mol. The van der Waals surface area contributed by atoms with Crippen LogP contribution < -0.4 is 5.32 Å². The molecule has 1 aromatic carbocycles. The van der Waals surface area contributed by atoms with Crippen LogP contribution in [0.5, 0.6) is 0 Å². The Morgan fingerprint density at radius 3 is 2.20 bits per heavy atom. The van der Waals surface area contributed by atoms with Crippen LogP contribution in [0.2, 0.25) is 5.02 Å². The van der Waals surface area contributed by atoms with Crippen molar-refractivity contribution in [2.24, 2.45) is 5.92 Å². The van der Waals surface area contributed by atoms with Crippen LogP contribution in [0, 0.1) is 5.92 Å². The average Bonchev–Trinajstić information content (AvgIpc) is 2.39. The first-order valence-electron chi connectivity index (χ1n) is 8.01. The molecule has 0 amide bonds. The maximum atomic E-state index is 6.49. The maximum Gasteiger partial charge on any atom is 0.0444 e. The van der Waals surface area contributed by atoms with Gasteiger partial charge in [0.1, 0.15) is 0 Å². The molecule has 0 unspecified atom stereocenters. The van der Waals surface area contributed by atoms with E-state index in [4.69, 9.17) is 11.6 Å². The van der Waals surface area contributed by atoms with Crippen molar-refractivity contribution >= 4 is 11.6 Å². The van der Waals surface area contributed by atoms with Crippen molar-refractivity contribution in [3.63, 3.8) is 0 Å². The molecule has 0 saturated carbocycles. The minimum atomic E-state index is 0.177. The van der Waals surface area contributed by atoms with E-state index in [0.29, 0.717) is 5.92 Å². The molecule has 0 fully saturated rings. The number of hydrogen-bond donors (Lipinski definition) is 1. The van der Waals surface area contributed by atoms with Crippen LogP contribution >= 0.6 is 11.6 Å². The van der Waals surface area contributed by atoms with Crippen molar-refractivity contribution in [1.82, 2.24) is 5.32 Å². The Bertz CT molecular complexity index is 381.